The van der Waals surface area contributed by atoms with Gasteiger partial charge in [-0.05, 0) is 19.3 Å². The van der Waals surface area contributed by atoms with Crippen molar-refractivity contribution in [1.29, 1.82) is 0 Å². The van der Waals surface area contributed by atoms with Gasteiger partial charge in [0.25, 0.3) is 7.82 Å². The fourth-order valence-corrected chi connectivity index (χ4v) is 5.76. The maximum absolute atomic E-state index is 12.7. The molecule has 0 saturated heterocycles. The van der Waals surface area contributed by atoms with Crippen molar-refractivity contribution in [3.63, 3.8) is 0 Å². The van der Waals surface area contributed by atoms with Crippen LogP contribution in [0.2, 0.25) is 0 Å². The molecule has 0 aromatic rings. The molecule has 0 saturated carbocycles. The monoisotopic (exact) mass is 647 g/mol. The molecule has 3 unspecified atom stereocenters. The number of likely N-dealkylation sites (N-methyl/N-ethyl adjacent to an activating group) is 1. The Morgan fingerprint density at radius 2 is 1.23 bits per heavy atom. The molecule has 262 valence electrons. The maximum Gasteiger partial charge on any atom is 0.268 e. The van der Waals surface area contributed by atoms with Crippen LogP contribution >= 0.6 is 7.82 Å². The van der Waals surface area contributed by atoms with Crippen molar-refractivity contribution in [1.82, 2.24) is 5.32 Å². The quantitative estimate of drug-likeness (QED) is 0.0330. The number of carbonyl (C=O) groups is 1. The molecule has 0 fully saturated rings. The van der Waals surface area contributed by atoms with Gasteiger partial charge in [-0.15, -0.1) is 0 Å². The normalized spacial score (nSPS) is 15.0. The zero-order valence-corrected chi connectivity index (χ0v) is 30.3. The van der Waals surface area contributed by atoms with Gasteiger partial charge in [0.15, 0.2) is 0 Å². The third-order valence-corrected chi connectivity index (χ3v) is 8.96. The van der Waals surface area contributed by atoms with E-state index in [0.717, 1.165) is 38.5 Å². The summed E-state index contributed by atoms with van der Waals surface area (Å²) in [5, 5.41) is 13.6. The minimum Gasteiger partial charge on any atom is -0.756 e. The molecule has 3 atom stereocenters. The van der Waals surface area contributed by atoms with Gasteiger partial charge in [0, 0.05) is 6.42 Å². The lowest BCUT2D eigenvalue weighted by Gasteiger charge is -2.29. The van der Waals surface area contributed by atoms with Crippen molar-refractivity contribution < 1.29 is 32.9 Å². The van der Waals surface area contributed by atoms with E-state index in [2.05, 4.69) is 19.2 Å². The van der Waals surface area contributed by atoms with E-state index >= 15 is 0 Å². The van der Waals surface area contributed by atoms with Crippen LogP contribution in [-0.2, 0) is 18.4 Å². The van der Waals surface area contributed by atoms with Crippen LogP contribution < -0.4 is 10.2 Å². The van der Waals surface area contributed by atoms with Crippen LogP contribution in [0.15, 0.2) is 12.2 Å². The molecule has 8 nitrogen and oxygen atoms in total. The van der Waals surface area contributed by atoms with Gasteiger partial charge in [-0.1, -0.05) is 142 Å². The van der Waals surface area contributed by atoms with Crippen LogP contribution in [0.5, 0.6) is 0 Å². The number of rotatable bonds is 32. The molecule has 0 rings (SSSR count). The number of quaternary nitrogens is 1. The number of amides is 1. The number of aliphatic hydroxyl groups excluding tert-OH is 1. The first-order chi connectivity index (χ1) is 21.0. The molecule has 0 aliphatic carbocycles. The van der Waals surface area contributed by atoms with Crippen LogP contribution in [0.3, 0.4) is 0 Å². The Morgan fingerprint density at radius 1 is 0.773 bits per heavy atom. The van der Waals surface area contributed by atoms with Crippen molar-refractivity contribution in [2.24, 2.45) is 0 Å². The molecule has 0 aliphatic heterocycles. The van der Waals surface area contributed by atoms with Gasteiger partial charge in [-0.3, -0.25) is 9.36 Å². The number of nitrogens with zero attached hydrogens (tertiary/aromatic N) is 1. The molecule has 0 bridgehead atoms. The van der Waals surface area contributed by atoms with Gasteiger partial charge in [-0.2, -0.15) is 0 Å². The summed E-state index contributed by atoms with van der Waals surface area (Å²) in [6.45, 7) is 4.60. The lowest BCUT2D eigenvalue weighted by atomic mass is 10.0. The predicted octanol–water partition coefficient (Wildman–Crippen LogP) is 8.22. The third kappa shape index (κ3) is 29.9. The molecule has 2 N–H and O–H groups in total. The molecular formula is C35H71N2O6P. The fourth-order valence-electron chi connectivity index (χ4n) is 5.03. The zero-order valence-electron chi connectivity index (χ0n) is 29.4. The van der Waals surface area contributed by atoms with Crippen molar-refractivity contribution in [3.8, 4) is 0 Å². The SMILES string of the molecule is CCCCCCCCCCC/C=C/C(O)C(COP(=O)([O-])OCC[N+](C)(C)C)NC(=O)CCCCCCCCCCCCC. The summed E-state index contributed by atoms with van der Waals surface area (Å²) in [4.78, 5) is 25.0. The second-order valence-corrected chi connectivity index (χ2v) is 15.0. The van der Waals surface area contributed by atoms with E-state index in [1.807, 2.05) is 27.2 Å². The number of carbonyl (C=O) groups excluding carboxylic acids is 1. The topological polar surface area (TPSA) is 108 Å². The van der Waals surface area contributed by atoms with E-state index in [-0.39, 0.29) is 19.1 Å². The number of hydrogen-bond donors (Lipinski definition) is 2. The van der Waals surface area contributed by atoms with Crippen LogP contribution in [0.4, 0.5) is 0 Å². The van der Waals surface area contributed by atoms with Crippen LogP contribution in [0, 0.1) is 0 Å². The maximum atomic E-state index is 12.7. The first kappa shape index (κ1) is 43.2. The summed E-state index contributed by atoms with van der Waals surface area (Å²) < 4.78 is 23.0. The number of hydrogen-bond acceptors (Lipinski definition) is 6. The minimum absolute atomic E-state index is 0.00135. The molecule has 0 heterocycles. The van der Waals surface area contributed by atoms with Crippen molar-refractivity contribution in [3.05, 3.63) is 12.2 Å². The number of aliphatic hydroxyl groups is 1. The zero-order chi connectivity index (χ0) is 32.9. The Kier molecular flexibility index (Phi) is 28.0. The van der Waals surface area contributed by atoms with E-state index in [1.54, 1.807) is 6.08 Å². The summed E-state index contributed by atoms with van der Waals surface area (Å²) >= 11 is 0. The number of nitrogens with one attached hydrogen (secondary N) is 1. The summed E-state index contributed by atoms with van der Waals surface area (Å²) in [6, 6.07) is -0.876. The molecule has 0 radical (unpaired) electrons. The number of allylic oxidation sites excluding steroid dienone is 1. The fraction of sp³-hybridized carbons (Fsp3) is 0.914. The Labute approximate surface area is 272 Å². The lowest BCUT2D eigenvalue weighted by Crippen LogP contribution is -2.45. The smallest absolute Gasteiger partial charge is 0.268 e. The van der Waals surface area contributed by atoms with E-state index in [4.69, 9.17) is 9.05 Å². The second kappa shape index (κ2) is 28.5. The first-order valence-electron chi connectivity index (χ1n) is 18.1. The third-order valence-electron chi connectivity index (χ3n) is 8.00. The van der Waals surface area contributed by atoms with Gasteiger partial charge in [-0.25, -0.2) is 0 Å². The standard InChI is InChI=1S/C35H71N2O6P/c1-6-8-10-12-14-16-18-20-22-24-26-28-34(38)33(32-43-44(40,41)42-31-30-37(3,4)5)36-35(39)29-27-25-23-21-19-17-15-13-11-9-7-2/h26,28,33-34,38H,6-25,27,29-32H2,1-5H3,(H-,36,39,40,41)/b28-26+. The number of phosphoric ester groups is 1. The highest BCUT2D eigenvalue weighted by Crippen LogP contribution is 2.38. The summed E-state index contributed by atoms with van der Waals surface area (Å²) in [5.74, 6) is -0.201. The number of phosphoric acid groups is 1. The lowest BCUT2D eigenvalue weighted by molar-refractivity contribution is -0.870. The van der Waals surface area contributed by atoms with Crippen molar-refractivity contribution in [2.75, 3.05) is 40.9 Å². The van der Waals surface area contributed by atoms with E-state index < -0.39 is 20.0 Å². The molecule has 44 heavy (non-hydrogen) atoms. The molecule has 0 aromatic carbocycles. The average molecular weight is 647 g/mol. The van der Waals surface area contributed by atoms with E-state index in [1.165, 1.54) is 96.3 Å². The van der Waals surface area contributed by atoms with E-state index in [0.29, 0.717) is 17.4 Å². The molecule has 0 aromatic heterocycles. The highest BCUT2D eigenvalue weighted by molar-refractivity contribution is 7.45. The van der Waals surface area contributed by atoms with Crippen LogP contribution in [0.25, 0.3) is 0 Å². The minimum atomic E-state index is -4.57. The van der Waals surface area contributed by atoms with Crippen molar-refractivity contribution in [2.45, 2.75) is 167 Å². The molecular weight excluding hydrogens is 575 g/mol. The molecule has 1 amide bonds. The highest BCUT2D eigenvalue weighted by atomic mass is 31.2. The number of unbranched alkanes of at least 4 members (excludes halogenated alkanes) is 19. The van der Waals surface area contributed by atoms with Crippen LogP contribution in [-0.4, -0.2) is 68.5 Å². The largest absolute Gasteiger partial charge is 0.756 e. The van der Waals surface area contributed by atoms with Gasteiger partial charge >= 0.3 is 0 Å². The molecule has 0 spiro atoms. The van der Waals surface area contributed by atoms with Gasteiger partial charge in [0.2, 0.25) is 5.91 Å². The Balaban J connectivity index is 4.58. The van der Waals surface area contributed by atoms with Crippen LogP contribution in [0.1, 0.15) is 155 Å². The first-order valence-corrected chi connectivity index (χ1v) is 19.5. The Morgan fingerprint density at radius 3 is 1.70 bits per heavy atom. The van der Waals surface area contributed by atoms with Gasteiger partial charge in [0.1, 0.15) is 13.2 Å². The molecule has 0 aliphatic rings. The second-order valence-electron chi connectivity index (χ2n) is 13.6. The van der Waals surface area contributed by atoms with Gasteiger partial charge < -0.3 is 28.8 Å². The summed E-state index contributed by atoms with van der Waals surface area (Å²) in [5.41, 5.74) is 0. The predicted molar refractivity (Wildman–Crippen MR) is 182 cm³/mol. The Bertz CT molecular complexity index is 743. The van der Waals surface area contributed by atoms with Gasteiger partial charge in [0.05, 0.1) is 39.9 Å². The van der Waals surface area contributed by atoms with E-state index in [9.17, 15) is 19.4 Å². The van der Waals surface area contributed by atoms with Crippen molar-refractivity contribution >= 4 is 13.7 Å². The summed E-state index contributed by atoms with van der Waals surface area (Å²) in [7, 11) is 1.26. The molecule has 9 heteroatoms. The average Bonchev–Trinajstić information content (AvgIpc) is 2.95. The highest BCUT2D eigenvalue weighted by Gasteiger charge is 2.23. The Hall–Kier alpha value is -0.760. The summed E-state index contributed by atoms with van der Waals surface area (Å²) in [6.07, 6.45) is 28.2.